The zero-order valence-electron chi connectivity index (χ0n) is 11.4. The van der Waals surface area contributed by atoms with Gasteiger partial charge in [0, 0.05) is 0 Å². The van der Waals surface area contributed by atoms with Crippen LogP contribution < -0.4 is 0 Å². The molecule has 4 nitrogen and oxygen atoms in total. The Bertz CT molecular complexity index is 371. The molecule has 0 atom stereocenters. The van der Waals surface area contributed by atoms with Crippen LogP contribution in [0.25, 0.3) is 0 Å². The van der Waals surface area contributed by atoms with E-state index in [1.165, 1.54) is 26.4 Å². The van der Waals surface area contributed by atoms with Gasteiger partial charge in [-0.15, -0.1) is 12.3 Å². The molecule has 0 unspecified atom stereocenters. The van der Waals surface area contributed by atoms with E-state index in [4.69, 9.17) is 0 Å². The van der Waals surface area contributed by atoms with Gasteiger partial charge < -0.3 is 9.47 Å². The molecule has 18 heavy (non-hydrogen) atoms. The van der Waals surface area contributed by atoms with Crippen LogP contribution in [0.5, 0.6) is 0 Å². The molecule has 0 aromatic heterocycles. The van der Waals surface area contributed by atoms with Crippen molar-refractivity contribution in [1.82, 2.24) is 0 Å². The fourth-order valence-corrected chi connectivity index (χ4v) is 1.37. The van der Waals surface area contributed by atoms with Crippen molar-refractivity contribution in [2.75, 3.05) is 14.2 Å². The van der Waals surface area contributed by atoms with Crippen molar-refractivity contribution in [2.45, 2.75) is 26.7 Å². The minimum atomic E-state index is -1.50. The van der Waals surface area contributed by atoms with E-state index in [1.54, 1.807) is 0 Å². The van der Waals surface area contributed by atoms with Crippen molar-refractivity contribution in [3.63, 3.8) is 0 Å². The predicted molar refractivity (Wildman–Crippen MR) is 68.8 cm³/mol. The van der Waals surface area contributed by atoms with Crippen LogP contribution in [0.15, 0.2) is 30.0 Å². The third-order valence-electron chi connectivity index (χ3n) is 2.66. The number of carbonyl (C=O) groups is 2. The Morgan fingerprint density at radius 2 is 1.78 bits per heavy atom. The Hall–Kier alpha value is -1.80. The number of carbonyl (C=O) groups excluding carboxylic acids is 2. The average molecular weight is 252 g/mol. The van der Waals surface area contributed by atoms with Crippen molar-refractivity contribution < 1.29 is 19.1 Å². The fraction of sp³-hybridized carbons (Fsp3) is 0.500. The zero-order chi connectivity index (χ0) is 14.2. The molecular formula is C14H20O4. The molecule has 0 aliphatic carbocycles. The van der Waals surface area contributed by atoms with Crippen LogP contribution in [-0.2, 0) is 19.1 Å². The number of rotatable bonds is 6. The molecule has 0 aliphatic rings. The summed E-state index contributed by atoms with van der Waals surface area (Å²) >= 11 is 0. The first-order chi connectivity index (χ1) is 8.48. The van der Waals surface area contributed by atoms with E-state index in [0.29, 0.717) is 0 Å². The number of ether oxygens (including phenoxy) is 2. The topological polar surface area (TPSA) is 52.6 Å². The number of hydrogen-bond donors (Lipinski definition) is 0. The van der Waals surface area contributed by atoms with E-state index in [1.807, 2.05) is 13.8 Å². The molecule has 0 bridgehead atoms. The second kappa shape index (κ2) is 7.51. The Kier molecular flexibility index (Phi) is 6.76. The number of allylic oxidation sites excluding steroid dienone is 1. The van der Waals surface area contributed by atoms with E-state index in [2.05, 4.69) is 21.8 Å². The lowest BCUT2D eigenvalue weighted by Crippen LogP contribution is -2.39. The lowest BCUT2D eigenvalue weighted by atomic mass is 9.84. The molecule has 0 aromatic rings. The molecule has 0 saturated carbocycles. The Morgan fingerprint density at radius 3 is 2.11 bits per heavy atom. The normalized spacial score (nSPS) is 10.0. The highest BCUT2D eigenvalue weighted by atomic mass is 16.5. The van der Waals surface area contributed by atoms with Crippen LogP contribution in [0.1, 0.15) is 26.7 Å². The highest BCUT2D eigenvalue weighted by Crippen LogP contribution is 2.28. The largest absolute Gasteiger partial charge is 0.468 e. The molecule has 0 fully saturated rings. The van der Waals surface area contributed by atoms with Crippen molar-refractivity contribution in [3.05, 3.63) is 30.0 Å². The third-order valence-corrected chi connectivity index (χ3v) is 2.66. The van der Waals surface area contributed by atoms with E-state index in [9.17, 15) is 9.59 Å². The second-order valence-corrected chi connectivity index (χ2v) is 3.87. The van der Waals surface area contributed by atoms with E-state index in [-0.39, 0.29) is 6.42 Å². The summed E-state index contributed by atoms with van der Waals surface area (Å²) in [6, 6.07) is 0. The highest BCUT2D eigenvalue weighted by Gasteiger charge is 2.45. The van der Waals surface area contributed by atoms with Crippen molar-refractivity contribution in [1.29, 1.82) is 0 Å². The predicted octanol–water partition coefficient (Wildman–Crippen LogP) is 2.41. The van der Waals surface area contributed by atoms with Gasteiger partial charge in [0.2, 0.25) is 0 Å². The molecule has 0 amide bonds. The molecule has 0 aromatic carbocycles. The van der Waals surface area contributed by atoms with Crippen LogP contribution in [0.4, 0.5) is 0 Å². The van der Waals surface area contributed by atoms with Gasteiger partial charge in [0.25, 0.3) is 0 Å². The van der Waals surface area contributed by atoms with E-state index in [0.717, 1.165) is 12.0 Å². The fourth-order valence-electron chi connectivity index (χ4n) is 1.37. The van der Waals surface area contributed by atoms with Crippen molar-refractivity contribution in [3.8, 4) is 0 Å². The minimum absolute atomic E-state index is 0.107. The molecule has 0 saturated heterocycles. The zero-order valence-corrected chi connectivity index (χ0v) is 11.4. The summed E-state index contributed by atoms with van der Waals surface area (Å²) in [5, 5.41) is 0. The summed E-state index contributed by atoms with van der Waals surface area (Å²) in [4.78, 5) is 23.7. The Labute approximate surface area is 108 Å². The van der Waals surface area contributed by atoms with Crippen molar-refractivity contribution >= 4 is 11.9 Å². The molecule has 0 rings (SSSR count). The van der Waals surface area contributed by atoms with Crippen LogP contribution in [0, 0.1) is 5.41 Å². The van der Waals surface area contributed by atoms with Gasteiger partial charge in [-0.3, -0.25) is 9.59 Å². The van der Waals surface area contributed by atoms with Crippen LogP contribution >= 0.6 is 0 Å². The van der Waals surface area contributed by atoms with Gasteiger partial charge in [0.15, 0.2) is 5.41 Å². The minimum Gasteiger partial charge on any atom is -0.468 e. The maximum atomic E-state index is 11.9. The molecule has 0 radical (unpaired) electrons. The standard InChI is InChI=1S/C14H20O4/c1-6-9-14(12(15)17-4,13(16)18-5)10-8-11(3)7-2/h6,10H,1,7,9H2,2-5H3. The molecule has 0 spiro atoms. The molecule has 0 N–H and O–H groups in total. The third kappa shape index (κ3) is 3.60. The summed E-state index contributed by atoms with van der Waals surface area (Å²) in [7, 11) is 2.46. The van der Waals surface area contributed by atoms with Gasteiger partial charge in [0.1, 0.15) is 0 Å². The van der Waals surface area contributed by atoms with Gasteiger partial charge in [0.05, 0.1) is 14.2 Å². The Morgan fingerprint density at radius 1 is 1.28 bits per heavy atom. The first kappa shape index (κ1) is 16.2. The first-order valence-electron chi connectivity index (χ1n) is 5.69. The van der Waals surface area contributed by atoms with Gasteiger partial charge in [-0.25, -0.2) is 0 Å². The average Bonchev–Trinajstić information content (AvgIpc) is 2.41. The molecular weight excluding hydrogens is 232 g/mol. The Balaban J connectivity index is 5.76. The highest BCUT2D eigenvalue weighted by molar-refractivity contribution is 6.02. The van der Waals surface area contributed by atoms with E-state index < -0.39 is 17.4 Å². The van der Waals surface area contributed by atoms with Gasteiger partial charge in [-0.1, -0.05) is 13.0 Å². The SMILES string of the molecule is C=CCC(C=C=C(C)CC)(C(=O)OC)C(=O)OC. The maximum absolute atomic E-state index is 11.9. The maximum Gasteiger partial charge on any atom is 0.328 e. The summed E-state index contributed by atoms with van der Waals surface area (Å²) in [5.74, 6) is -1.35. The summed E-state index contributed by atoms with van der Waals surface area (Å²) < 4.78 is 9.38. The smallest absolute Gasteiger partial charge is 0.328 e. The second-order valence-electron chi connectivity index (χ2n) is 3.87. The van der Waals surface area contributed by atoms with E-state index >= 15 is 0 Å². The van der Waals surface area contributed by atoms with Crippen LogP contribution in [0.2, 0.25) is 0 Å². The monoisotopic (exact) mass is 252 g/mol. The number of methoxy groups -OCH3 is 2. The molecule has 0 heterocycles. The van der Waals surface area contributed by atoms with Crippen LogP contribution in [0.3, 0.4) is 0 Å². The van der Waals surface area contributed by atoms with Gasteiger partial charge in [-0.2, -0.15) is 0 Å². The van der Waals surface area contributed by atoms with Gasteiger partial charge in [-0.05, 0) is 31.4 Å². The quantitative estimate of drug-likeness (QED) is 0.315. The molecule has 4 heteroatoms. The lowest BCUT2D eigenvalue weighted by Gasteiger charge is -2.22. The summed E-state index contributed by atoms with van der Waals surface area (Å²) in [6.45, 7) is 7.38. The van der Waals surface area contributed by atoms with Gasteiger partial charge >= 0.3 is 11.9 Å². The first-order valence-corrected chi connectivity index (χ1v) is 5.69. The summed E-state index contributed by atoms with van der Waals surface area (Å²) in [6.07, 6.45) is 3.78. The van der Waals surface area contributed by atoms with Crippen molar-refractivity contribution in [2.24, 2.45) is 5.41 Å². The molecule has 0 aliphatic heterocycles. The molecule has 100 valence electrons. The number of hydrogen-bond acceptors (Lipinski definition) is 4. The summed E-state index contributed by atoms with van der Waals surface area (Å²) in [5.41, 5.74) is 2.36. The van der Waals surface area contributed by atoms with Crippen LogP contribution in [-0.4, -0.2) is 26.2 Å². The number of esters is 2. The lowest BCUT2D eigenvalue weighted by molar-refractivity contribution is -0.164.